The zero-order valence-corrected chi connectivity index (χ0v) is 11.3. The van der Waals surface area contributed by atoms with Gasteiger partial charge in [0.15, 0.2) is 0 Å². The van der Waals surface area contributed by atoms with Crippen molar-refractivity contribution in [3.05, 3.63) is 54.6 Å². The second-order valence-electron chi connectivity index (χ2n) is 4.25. The Balaban J connectivity index is 1.55. The minimum atomic E-state index is 0.850. The zero-order chi connectivity index (χ0) is 12.9. The number of anilines is 2. The van der Waals surface area contributed by atoms with E-state index in [1.807, 2.05) is 30.3 Å². The monoisotopic (exact) mass is 269 g/mol. The molecule has 0 fully saturated rings. The van der Waals surface area contributed by atoms with Gasteiger partial charge >= 0.3 is 0 Å². The lowest BCUT2D eigenvalue weighted by atomic mass is 10.2. The molecule has 2 N–H and O–H groups in total. The van der Waals surface area contributed by atoms with Crippen LogP contribution in [0.5, 0.6) is 0 Å². The molecule has 0 saturated carbocycles. The summed E-state index contributed by atoms with van der Waals surface area (Å²) in [6.45, 7) is 1.72. The fourth-order valence-electron chi connectivity index (χ4n) is 1.96. The summed E-state index contributed by atoms with van der Waals surface area (Å²) in [5.74, 6) is 0.982. The number of fused-ring (bicyclic) bond motifs is 1. The molecule has 96 valence electrons. The van der Waals surface area contributed by atoms with Crippen molar-refractivity contribution in [3.63, 3.8) is 0 Å². The number of rotatable bonds is 5. The Morgan fingerprint density at radius 3 is 2.47 bits per heavy atom. The molecule has 0 saturated heterocycles. The summed E-state index contributed by atoms with van der Waals surface area (Å²) in [5.41, 5.74) is 1.15. The van der Waals surface area contributed by atoms with Crippen molar-refractivity contribution in [2.75, 3.05) is 23.7 Å². The Kier molecular flexibility index (Phi) is 3.61. The molecule has 0 atom stereocenters. The first kappa shape index (κ1) is 12.0. The van der Waals surface area contributed by atoms with Gasteiger partial charge in [0.1, 0.15) is 5.82 Å². The van der Waals surface area contributed by atoms with Crippen LogP contribution in [0.4, 0.5) is 11.5 Å². The summed E-state index contributed by atoms with van der Waals surface area (Å²) >= 11 is 1.54. The van der Waals surface area contributed by atoms with Crippen molar-refractivity contribution < 1.29 is 0 Å². The molecule has 2 aromatic carbocycles. The van der Waals surface area contributed by atoms with E-state index in [0.29, 0.717) is 0 Å². The van der Waals surface area contributed by atoms with E-state index in [2.05, 4.69) is 39.3 Å². The third kappa shape index (κ3) is 2.85. The normalized spacial score (nSPS) is 10.5. The van der Waals surface area contributed by atoms with Crippen molar-refractivity contribution >= 4 is 33.1 Å². The molecular formula is C15H15N3S. The number of hydrogen-bond donors (Lipinski definition) is 2. The first-order valence-electron chi connectivity index (χ1n) is 6.31. The Hall–Kier alpha value is -2.07. The number of benzene rings is 2. The van der Waals surface area contributed by atoms with Gasteiger partial charge in [-0.05, 0) is 35.8 Å². The van der Waals surface area contributed by atoms with Gasteiger partial charge in [-0.3, -0.25) is 0 Å². The average molecular weight is 269 g/mol. The van der Waals surface area contributed by atoms with Gasteiger partial charge in [0.2, 0.25) is 0 Å². The van der Waals surface area contributed by atoms with Crippen molar-refractivity contribution in [2.24, 2.45) is 0 Å². The first-order valence-corrected chi connectivity index (χ1v) is 7.08. The Morgan fingerprint density at radius 1 is 0.842 bits per heavy atom. The van der Waals surface area contributed by atoms with Gasteiger partial charge < -0.3 is 10.6 Å². The average Bonchev–Trinajstić information content (AvgIpc) is 2.88. The Labute approximate surface area is 116 Å². The molecule has 1 heterocycles. The van der Waals surface area contributed by atoms with E-state index in [0.717, 1.165) is 24.6 Å². The molecular weight excluding hydrogens is 254 g/mol. The smallest absolute Gasteiger partial charge is 0.147 e. The molecule has 0 aliphatic heterocycles. The van der Waals surface area contributed by atoms with Gasteiger partial charge in [-0.1, -0.05) is 30.3 Å². The van der Waals surface area contributed by atoms with E-state index in [1.165, 1.54) is 21.6 Å². The molecule has 0 aliphatic rings. The molecule has 19 heavy (non-hydrogen) atoms. The lowest BCUT2D eigenvalue weighted by Crippen LogP contribution is -2.13. The zero-order valence-electron chi connectivity index (χ0n) is 10.5. The highest BCUT2D eigenvalue weighted by atomic mass is 32.1. The molecule has 3 nitrogen and oxygen atoms in total. The number of hydrogen-bond acceptors (Lipinski definition) is 4. The fourth-order valence-corrected chi connectivity index (χ4v) is 2.71. The van der Waals surface area contributed by atoms with Crippen LogP contribution in [0.15, 0.2) is 54.6 Å². The van der Waals surface area contributed by atoms with E-state index in [4.69, 9.17) is 0 Å². The molecule has 0 radical (unpaired) electrons. The standard InChI is InChI=1S/C15H15N3S/c1-2-6-12(7-3-1)16-10-11-17-15-13-8-4-5-9-14(13)19-18-15/h1-9,16H,10-11H2,(H,17,18). The van der Waals surface area contributed by atoms with E-state index < -0.39 is 0 Å². The van der Waals surface area contributed by atoms with Gasteiger partial charge in [-0.15, -0.1) is 0 Å². The molecule has 3 aromatic rings. The van der Waals surface area contributed by atoms with Crippen molar-refractivity contribution in [1.29, 1.82) is 0 Å². The van der Waals surface area contributed by atoms with Gasteiger partial charge in [0.25, 0.3) is 0 Å². The highest BCUT2D eigenvalue weighted by Crippen LogP contribution is 2.25. The number of para-hydroxylation sites is 1. The Morgan fingerprint density at radius 2 is 1.58 bits per heavy atom. The SMILES string of the molecule is c1ccc(NCCNc2nsc3ccccc23)cc1. The van der Waals surface area contributed by atoms with Crippen LogP contribution < -0.4 is 10.6 Å². The molecule has 4 heteroatoms. The molecule has 0 amide bonds. The van der Waals surface area contributed by atoms with Gasteiger partial charge in [-0.25, -0.2) is 0 Å². The van der Waals surface area contributed by atoms with Crippen LogP contribution in [0, 0.1) is 0 Å². The molecule has 0 unspecified atom stereocenters. The minimum absolute atomic E-state index is 0.850. The van der Waals surface area contributed by atoms with Crippen LogP contribution in [0.1, 0.15) is 0 Å². The van der Waals surface area contributed by atoms with Crippen LogP contribution in [0.25, 0.3) is 10.1 Å². The second kappa shape index (κ2) is 5.71. The summed E-state index contributed by atoms with van der Waals surface area (Å²) in [7, 11) is 0. The summed E-state index contributed by atoms with van der Waals surface area (Å²) in [5, 5.41) is 7.94. The van der Waals surface area contributed by atoms with Gasteiger partial charge in [-0.2, -0.15) is 4.37 Å². The van der Waals surface area contributed by atoms with Crippen molar-refractivity contribution in [1.82, 2.24) is 4.37 Å². The lowest BCUT2D eigenvalue weighted by Gasteiger charge is -2.07. The van der Waals surface area contributed by atoms with E-state index in [1.54, 1.807) is 0 Å². The maximum absolute atomic E-state index is 4.44. The van der Waals surface area contributed by atoms with E-state index in [9.17, 15) is 0 Å². The maximum atomic E-state index is 4.44. The molecule has 0 bridgehead atoms. The molecule has 0 spiro atoms. The maximum Gasteiger partial charge on any atom is 0.147 e. The summed E-state index contributed by atoms with van der Waals surface area (Å²) in [6.07, 6.45) is 0. The quantitative estimate of drug-likeness (QED) is 0.691. The van der Waals surface area contributed by atoms with E-state index in [-0.39, 0.29) is 0 Å². The highest BCUT2D eigenvalue weighted by Gasteiger charge is 2.03. The first-order chi connectivity index (χ1) is 9.43. The van der Waals surface area contributed by atoms with Crippen LogP contribution >= 0.6 is 11.5 Å². The molecule has 0 aliphatic carbocycles. The minimum Gasteiger partial charge on any atom is -0.383 e. The number of nitrogens with zero attached hydrogens (tertiary/aromatic N) is 1. The van der Waals surface area contributed by atoms with Crippen LogP contribution in [0.2, 0.25) is 0 Å². The molecule has 1 aromatic heterocycles. The summed E-state index contributed by atoms with van der Waals surface area (Å²) in [6, 6.07) is 18.5. The van der Waals surface area contributed by atoms with Crippen LogP contribution in [-0.2, 0) is 0 Å². The summed E-state index contributed by atoms with van der Waals surface area (Å²) in [4.78, 5) is 0. The predicted molar refractivity (Wildman–Crippen MR) is 83.0 cm³/mol. The third-order valence-electron chi connectivity index (χ3n) is 2.90. The van der Waals surface area contributed by atoms with Gasteiger partial charge in [0, 0.05) is 24.2 Å². The highest BCUT2D eigenvalue weighted by molar-refractivity contribution is 7.13. The third-order valence-corrected chi connectivity index (χ3v) is 3.72. The lowest BCUT2D eigenvalue weighted by molar-refractivity contribution is 1.07. The predicted octanol–water partition coefficient (Wildman–Crippen LogP) is 3.82. The van der Waals surface area contributed by atoms with E-state index >= 15 is 0 Å². The second-order valence-corrected chi connectivity index (χ2v) is 5.05. The van der Waals surface area contributed by atoms with Crippen LogP contribution in [-0.4, -0.2) is 17.5 Å². The van der Waals surface area contributed by atoms with Crippen molar-refractivity contribution in [2.45, 2.75) is 0 Å². The number of nitrogens with one attached hydrogen (secondary N) is 2. The van der Waals surface area contributed by atoms with Crippen molar-refractivity contribution in [3.8, 4) is 0 Å². The fraction of sp³-hybridized carbons (Fsp3) is 0.133. The molecule has 3 rings (SSSR count). The van der Waals surface area contributed by atoms with Gasteiger partial charge in [0.05, 0.1) is 4.70 Å². The van der Waals surface area contributed by atoms with Crippen LogP contribution in [0.3, 0.4) is 0 Å². The number of aromatic nitrogens is 1. The topological polar surface area (TPSA) is 37.0 Å². The summed E-state index contributed by atoms with van der Waals surface area (Å²) < 4.78 is 5.67. The Bertz CT molecular complexity index is 649. The largest absolute Gasteiger partial charge is 0.383 e.